The molecule has 3 aromatic rings. The van der Waals surface area contributed by atoms with Crippen molar-refractivity contribution >= 4 is 18.1 Å². The lowest BCUT2D eigenvalue weighted by molar-refractivity contribution is -0.384. The smallest absolute Gasteiger partial charge is 0.278 e. The van der Waals surface area contributed by atoms with Crippen LogP contribution in [-0.2, 0) is 0 Å². The van der Waals surface area contributed by atoms with Crippen LogP contribution in [0.1, 0.15) is 11.1 Å². The van der Waals surface area contributed by atoms with E-state index >= 15 is 0 Å². The molecule has 0 bridgehead atoms. The molecule has 1 heterocycles. The average Bonchev–Trinajstić information content (AvgIpc) is 3.11. The van der Waals surface area contributed by atoms with Crippen LogP contribution in [0, 0.1) is 20.9 Å². The Morgan fingerprint density at radius 2 is 1.67 bits per heavy atom. The molecule has 0 saturated carbocycles. The van der Waals surface area contributed by atoms with Crippen molar-refractivity contribution in [2.75, 3.05) is 0 Å². The van der Waals surface area contributed by atoms with Gasteiger partial charge < -0.3 is 15.3 Å². The monoisotopic (exact) mass is 320 g/mol. The summed E-state index contributed by atoms with van der Waals surface area (Å²) in [5, 5.41) is 29.6. The summed E-state index contributed by atoms with van der Waals surface area (Å²) in [6, 6.07) is 13.1. The third-order valence-corrected chi connectivity index (χ3v) is 3.53. The molecule has 0 amide bonds. The van der Waals surface area contributed by atoms with E-state index in [0.29, 0.717) is 22.6 Å². The highest BCUT2D eigenvalue weighted by molar-refractivity contribution is 5.84. The summed E-state index contributed by atoms with van der Waals surface area (Å²) >= 11 is 0. The minimum Gasteiger partial charge on any atom is -0.356 e. The van der Waals surface area contributed by atoms with Crippen LogP contribution in [0.25, 0.3) is 22.6 Å². The second-order valence-electron chi connectivity index (χ2n) is 5.02. The fraction of sp³-hybridized carbons (Fsp3) is 0. The van der Waals surface area contributed by atoms with Gasteiger partial charge in [0.15, 0.2) is 5.76 Å². The molecular weight excluding hydrogens is 308 g/mol. The predicted molar refractivity (Wildman–Crippen MR) is 89.8 cm³/mol. The first-order valence-corrected chi connectivity index (χ1v) is 6.99. The largest absolute Gasteiger partial charge is 0.356 e. The first-order valence-electron chi connectivity index (χ1n) is 6.99. The van der Waals surface area contributed by atoms with Crippen molar-refractivity contribution in [2.45, 2.75) is 0 Å². The third kappa shape index (κ3) is 2.82. The second kappa shape index (κ2) is 6.25. The summed E-state index contributed by atoms with van der Waals surface area (Å²) in [6.45, 7) is 0. The summed E-state index contributed by atoms with van der Waals surface area (Å²) in [7, 11) is 0. The molecule has 3 rings (SSSR count). The molecule has 0 aliphatic rings. The van der Waals surface area contributed by atoms with Gasteiger partial charge >= 0.3 is 0 Å². The van der Waals surface area contributed by atoms with E-state index in [2.05, 4.69) is 5.16 Å². The molecule has 1 aromatic heterocycles. The molecule has 0 fully saturated rings. The fourth-order valence-electron chi connectivity index (χ4n) is 2.29. The number of rotatable bonds is 5. The van der Waals surface area contributed by atoms with E-state index in [1.54, 1.807) is 30.3 Å². The SMILES string of the molecule is N=Cc1ccc(-c2cc(-c3cc(C=N)ccc3[N+](=O)[O-])no2)cc1. The number of aromatic nitrogens is 1. The van der Waals surface area contributed by atoms with Gasteiger partial charge in [0.1, 0.15) is 5.69 Å². The summed E-state index contributed by atoms with van der Waals surface area (Å²) in [5.41, 5.74) is 2.58. The first kappa shape index (κ1) is 15.3. The maximum atomic E-state index is 11.2. The summed E-state index contributed by atoms with van der Waals surface area (Å²) in [6.07, 6.45) is 2.35. The van der Waals surface area contributed by atoms with Gasteiger partial charge in [-0.25, -0.2) is 0 Å². The van der Waals surface area contributed by atoms with Crippen molar-refractivity contribution in [3.63, 3.8) is 0 Å². The minimum atomic E-state index is -0.490. The van der Waals surface area contributed by atoms with Crippen LogP contribution in [-0.4, -0.2) is 22.5 Å². The number of nitrogens with zero attached hydrogens (tertiary/aromatic N) is 2. The topological polar surface area (TPSA) is 117 Å². The van der Waals surface area contributed by atoms with Gasteiger partial charge in [-0.3, -0.25) is 10.1 Å². The quantitative estimate of drug-likeness (QED) is 0.421. The van der Waals surface area contributed by atoms with Gasteiger partial charge in [0.2, 0.25) is 0 Å². The summed E-state index contributed by atoms with van der Waals surface area (Å²) < 4.78 is 5.30. The molecule has 0 aliphatic heterocycles. The Bertz CT molecular complexity index is 929. The van der Waals surface area contributed by atoms with Crippen LogP contribution >= 0.6 is 0 Å². The van der Waals surface area contributed by atoms with E-state index in [1.165, 1.54) is 24.4 Å². The van der Waals surface area contributed by atoms with E-state index in [4.69, 9.17) is 15.3 Å². The Morgan fingerprint density at radius 3 is 2.29 bits per heavy atom. The van der Waals surface area contributed by atoms with Gasteiger partial charge in [0, 0.05) is 30.1 Å². The molecule has 7 heteroatoms. The lowest BCUT2D eigenvalue weighted by Gasteiger charge is -2.00. The summed E-state index contributed by atoms with van der Waals surface area (Å²) in [5.74, 6) is 0.469. The van der Waals surface area contributed by atoms with Gasteiger partial charge in [0.25, 0.3) is 5.69 Å². The van der Waals surface area contributed by atoms with Gasteiger partial charge in [-0.15, -0.1) is 0 Å². The molecule has 2 N–H and O–H groups in total. The van der Waals surface area contributed by atoms with E-state index in [9.17, 15) is 10.1 Å². The normalized spacial score (nSPS) is 10.3. The highest BCUT2D eigenvalue weighted by atomic mass is 16.6. The lowest BCUT2D eigenvalue weighted by Crippen LogP contribution is -1.93. The molecule has 7 nitrogen and oxygen atoms in total. The van der Waals surface area contributed by atoms with E-state index in [1.807, 2.05) is 0 Å². The predicted octanol–water partition coefficient (Wildman–Crippen LogP) is 3.91. The van der Waals surface area contributed by atoms with Crippen LogP contribution in [0.3, 0.4) is 0 Å². The summed E-state index contributed by atoms with van der Waals surface area (Å²) in [4.78, 5) is 10.7. The zero-order valence-electron chi connectivity index (χ0n) is 12.4. The molecule has 0 atom stereocenters. The van der Waals surface area contributed by atoms with Gasteiger partial charge in [0.05, 0.1) is 10.5 Å². The van der Waals surface area contributed by atoms with E-state index in [-0.39, 0.29) is 5.69 Å². The van der Waals surface area contributed by atoms with Crippen molar-refractivity contribution in [3.8, 4) is 22.6 Å². The standard InChI is InChI=1S/C17H12N4O3/c18-9-11-1-4-13(5-2-11)17-8-15(20-24-17)14-7-12(10-19)3-6-16(14)21(22)23/h1-10,18-19H. The molecule has 118 valence electrons. The number of nitro groups is 1. The number of hydrogen-bond donors (Lipinski definition) is 2. The molecule has 0 unspecified atom stereocenters. The molecular formula is C17H12N4O3. The number of benzene rings is 2. The Labute approximate surface area is 136 Å². The fourth-order valence-corrected chi connectivity index (χ4v) is 2.29. The Kier molecular flexibility index (Phi) is 3.98. The molecule has 2 aromatic carbocycles. The molecule has 0 saturated heterocycles. The van der Waals surface area contributed by atoms with Crippen LogP contribution in [0.2, 0.25) is 0 Å². The highest BCUT2D eigenvalue weighted by Crippen LogP contribution is 2.32. The van der Waals surface area contributed by atoms with Crippen molar-refractivity contribution in [3.05, 3.63) is 69.8 Å². The van der Waals surface area contributed by atoms with Gasteiger partial charge in [-0.05, 0) is 23.3 Å². The average molecular weight is 320 g/mol. The third-order valence-electron chi connectivity index (χ3n) is 3.53. The maximum Gasteiger partial charge on any atom is 0.278 e. The van der Waals surface area contributed by atoms with Crippen LogP contribution in [0.4, 0.5) is 5.69 Å². The Morgan fingerprint density at radius 1 is 1.00 bits per heavy atom. The Hall–Kier alpha value is -3.61. The van der Waals surface area contributed by atoms with Gasteiger partial charge in [-0.2, -0.15) is 0 Å². The highest BCUT2D eigenvalue weighted by Gasteiger charge is 2.19. The molecule has 0 spiro atoms. The van der Waals surface area contributed by atoms with Crippen molar-refractivity contribution in [1.82, 2.24) is 5.16 Å². The molecule has 0 aliphatic carbocycles. The molecule has 24 heavy (non-hydrogen) atoms. The van der Waals surface area contributed by atoms with Crippen LogP contribution in [0.15, 0.2) is 53.1 Å². The second-order valence-corrected chi connectivity index (χ2v) is 5.02. The van der Waals surface area contributed by atoms with E-state index in [0.717, 1.165) is 17.3 Å². The number of hydrogen-bond acceptors (Lipinski definition) is 6. The lowest BCUT2D eigenvalue weighted by atomic mass is 10.0. The van der Waals surface area contributed by atoms with E-state index < -0.39 is 4.92 Å². The zero-order valence-corrected chi connectivity index (χ0v) is 12.4. The minimum absolute atomic E-state index is 0.0976. The van der Waals surface area contributed by atoms with Gasteiger partial charge in [-0.1, -0.05) is 29.4 Å². The van der Waals surface area contributed by atoms with Crippen molar-refractivity contribution in [1.29, 1.82) is 10.8 Å². The number of nitro benzene ring substituents is 1. The maximum absolute atomic E-state index is 11.2. The van der Waals surface area contributed by atoms with Crippen LogP contribution < -0.4 is 0 Å². The zero-order chi connectivity index (χ0) is 17.1. The first-order chi connectivity index (χ1) is 11.6. The van der Waals surface area contributed by atoms with Crippen molar-refractivity contribution < 1.29 is 9.45 Å². The van der Waals surface area contributed by atoms with Crippen molar-refractivity contribution in [2.24, 2.45) is 0 Å². The van der Waals surface area contributed by atoms with Crippen LogP contribution in [0.5, 0.6) is 0 Å². The molecule has 0 radical (unpaired) electrons. The Balaban J connectivity index is 2.05. The number of nitrogens with one attached hydrogen (secondary N) is 2.